The maximum absolute atomic E-state index is 13.5. The predicted octanol–water partition coefficient (Wildman–Crippen LogP) is 6.99. The van der Waals surface area contributed by atoms with Crippen LogP contribution in [0.3, 0.4) is 0 Å². The highest BCUT2D eigenvalue weighted by Gasteiger charge is 2.23. The van der Waals surface area contributed by atoms with Crippen LogP contribution in [0.2, 0.25) is 0 Å². The summed E-state index contributed by atoms with van der Waals surface area (Å²) in [6, 6.07) is 25.4. The highest BCUT2D eigenvalue weighted by atomic mass is 16.2. The predicted molar refractivity (Wildman–Crippen MR) is 158 cm³/mol. The van der Waals surface area contributed by atoms with Crippen molar-refractivity contribution in [1.29, 1.82) is 0 Å². The lowest BCUT2D eigenvalue weighted by Gasteiger charge is -2.23. The van der Waals surface area contributed by atoms with Crippen molar-refractivity contribution in [3.63, 3.8) is 0 Å². The number of nitrogens with one attached hydrogen (secondary N) is 2. The molecule has 7 nitrogen and oxygen atoms in total. The summed E-state index contributed by atoms with van der Waals surface area (Å²) in [5.41, 5.74) is 6.45. The van der Waals surface area contributed by atoms with Gasteiger partial charge in [-0.05, 0) is 62.1 Å². The first kappa shape index (κ1) is 27.6. The number of unbranched alkanes of at least 4 members (excludes halogenated alkanes) is 1. The average molecular weight is 524 g/mol. The van der Waals surface area contributed by atoms with Crippen molar-refractivity contribution in [1.82, 2.24) is 14.7 Å². The molecule has 0 bridgehead atoms. The number of rotatable bonds is 10. The largest absolute Gasteiger partial charge is 0.322 e. The first-order valence-corrected chi connectivity index (χ1v) is 13.6. The van der Waals surface area contributed by atoms with Crippen LogP contribution in [-0.2, 0) is 11.2 Å². The Kier molecular flexibility index (Phi) is 9.15. The van der Waals surface area contributed by atoms with Gasteiger partial charge in [-0.2, -0.15) is 5.10 Å². The van der Waals surface area contributed by atoms with Crippen molar-refractivity contribution < 1.29 is 9.59 Å². The Hall–Kier alpha value is -4.39. The van der Waals surface area contributed by atoms with Gasteiger partial charge in [0.1, 0.15) is 12.4 Å². The lowest BCUT2D eigenvalue weighted by molar-refractivity contribution is -0.116. The molecule has 0 atom stereocenters. The fourth-order valence-corrected chi connectivity index (χ4v) is 4.48. The van der Waals surface area contributed by atoms with Crippen LogP contribution in [0.1, 0.15) is 43.5 Å². The van der Waals surface area contributed by atoms with E-state index in [9.17, 15) is 9.59 Å². The number of hydrogen-bond donors (Lipinski definition) is 2. The molecule has 1 aromatic heterocycles. The van der Waals surface area contributed by atoms with Crippen LogP contribution in [0, 0.1) is 13.8 Å². The molecule has 0 saturated carbocycles. The van der Waals surface area contributed by atoms with E-state index in [-0.39, 0.29) is 18.5 Å². The van der Waals surface area contributed by atoms with Gasteiger partial charge in [0.25, 0.3) is 0 Å². The minimum absolute atomic E-state index is 0.0777. The van der Waals surface area contributed by atoms with Crippen LogP contribution in [0.25, 0.3) is 16.8 Å². The van der Waals surface area contributed by atoms with E-state index in [4.69, 9.17) is 5.10 Å². The maximum Gasteiger partial charge on any atom is 0.322 e. The van der Waals surface area contributed by atoms with E-state index in [1.165, 1.54) is 0 Å². The van der Waals surface area contributed by atoms with Crippen molar-refractivity contribution in [2.24, 2.45) is 0 Å². The summed E-state index contributed by atoms with van der Waals surface area (Å²) < 4.78 is 1.77. The summed E-state index contributed by atoms with van der Waals surface area (Å²) in [5, 5.41) is 10.8. The summed E-state index contributed by atoms with van der Waals surface area (Å²) in [4.78, 5) is 28.3. The van der Waals surface area contributed by atoms with Crippen molar-refractivity contribution in [2.75, 3.05) is 23.7 Å². The highest BCUT2D eigenvalue weighted by Crippen LogP contribution is 2.33. The molecule has 2 N–H and O–H groups in total. The van der Waals surface area contributed by atoms with Crippen LogP contribution < -0.4 is 10.6 Å². The lowest BCUT2D eigenvalue weighted by atomic mass is 10.1. The molecule has 0 unspecified atom stereocenters. The van der Waals surface area contributed by atoms with Crippen LogP contribution >= 0.6 is 0 Å². The van der Waals surface area contributed by atoms with Crippen molar-refractivity contribution in [2.45, 2.75) is 47.0 Å². The van der Waals surface area contributed by atoms with E-state index in [1.54, 1.807) is 9.58 Å². The Labute approximate surface area is 230 Å². The molecular weight excluding hydrogens is 486 g/mol. The molecule has 3 amide bonds. The normalized spacial score (nSPS) is 10.8. The van der Waals surface area contributed by atoms with Gasteiger partial charge in [0.05, 0.1) is 11.4 Å². The maximum atomic E-state index is 13.5. The van der Waals surface area contributed by atoms with E-state index in [1.807, 2.05) is 92.7 Å². The van der Waals surface area contributed by atoms with Gasteiger partial charge in [0.2, 0.25) is 5.91 Å². The molecular formula is C32H37N5O2. The van der Waals surface area contributed by atoms with Crippen molar-refractivity contribution in [3.05, 3.63) is 95.7 Å². The third-order valence-electron chi connectivity index (χ3n) is 6.65. The number of urea groups is 1. The number of carbonyl (C=O) groups is 2. The second kappa shape index (κ2) is 12.9. The van der Waals surface area contributed by atoms with Gasteiger partial charge in [-0.1, -0.05) is 80.4 Å². The smallest absolute Gasteiger partial charge is 0.315 e. The Morgan fingerprint density at radius 2 is 1.64 bits per heavy atom. The highest BCUT2D eigenvalue weighted by molar-refractivity contribution is 5.99. The van der Waals surface area contributed by atoms with Gasteiger partial charge < -0.3 is 15.5 Å². The molecule has 0 saturated heterocycles. The lowest BCUT2D eigenvalue weighted by Crippen LogP contribution is -2.41. The third-order valence-corrected chi connectivity index (χ3v) is 6.65. The molecule has 0 radical (unpaired) electrons. The standard InChI is InChI=1S/C32H37N5O2/c1-5-7-20-36(32(39)33-27-15-11-12-25(6-2)21-27)22-29(38)34-31-30(26-13-9-8-10-14-26)24(4)35-37(31)28-18-16-23(3)17-19-28/h8-19,21H,5-7,20,22H2,1-4H3,(H,33,39)(H,34,38). The summed E-state index contributed by atoms with van der Waals surface area (Å²) in [6.07, 6.45) is 2.59. The number of amides is 3. The Balaban J connectivity index is 1.61. The Morgan fingerprint density at radius 3 is 2.33 bits per heavy atom. The Bertz CT molecular complexity index is 1410. The molecule has 0 aliphatic heterocycles. The molecule has 4 rings (SSSR count). The minimum Gasteiger partial charge on any atom is -0.315 e. The summed E-state index contributed by atoms with van der Waals surface area (Å²) >= 11 is 0. The summed E-state index contributed by atoms with van der Waals surface area (Å²) in [7, 11) is 0. The van der Waals surface area contributed by atoms with E-state index < -0.39 is 0 Å². The minimum atomic E-state index is -0.293. The fourth-order valence-electron chi connectivity index (χ4n) is 4.48. The first-order chi connectivity index (χ1) is 18.9. The van der Waals surface area contributed by atoms with Gasteiger partial charge in [0.15, 0.2) is 0 Å². The molecule has 7 heteroatoms. The average Bonchev–Trinajstić information content (AvgIpc) is 3.27. The molecule has 202 valence electrons. The number of aryl methyl sites for hydroxylation is 3. The van der Waals surface area contributed by atoms with Crippen molar-refractivity contribution >= 4 is 23.4 Å². The summed E-state index contributed by atoms with van der Waals surface area (Å²) in [5.74, 6) is 0.299. The van der Waals surface area contributed by atoms with Crippen LogP contribution in [0.5, 0.6) is 0 Å². The van der Waals surface area contributed by atoms with Gasteiger partial charge in [-0.25, -0.2) is 9.48 Å². The van der Waals surface area contributed by atoms with Crippen LogP contribution in [0.4, 0.5) is 16.3 Å². The molecule has 39 heavy (non-hydrogen) atoms. The summed E-state index contributed by atoms with van der Waals surface area (Å²) in [6.45, 7) is 8.51. The number of nitrogens with zero attached hydrogens (tertiary/aromatic N) is 3. The zero-order valence-electron chi connectivity index (χ0n) is 23.2. The van der Waals surface area contributed by atoms with E-state index in [0.717, 1.165) is 58.6 Å². The second-order valence-corrected chi connectivity index (χ2v) is 9.73. The first-order valence-electron chi connectivity index (χ1n) is 13.6. The van der Waals surface area contributed by atoms with Gasteiger partial charge in [-0.3, -0.25) is 4.79 Å². The van der Waals surface area contributed by atoms with E-state index >= 15 is 0 Å². The van der Waals surface area contributed by atoms with Gasteiger partial charge in [0, 0.05) is 17.8 Å². The van der Waals surface area contributed by atoms with E-state index in [2.05, 4.69) is 24.5 Å². The number of aromatic nitrogens is 2. The number of hydrogen-bond acceptors (Lipinski definition) is 3. The van der Waals surface area contributed by atoms with Gasteiger partial charge >= 0.3 is 6.03 Å². The number of benzene rings is 3. The zero-order valence-corrected chi connectivity index (χ0v) is 23.2. The van der Waals surface area contributed by atoms with E-state index in [0.29, 0.717) is 12.4 Å². The molecule has 0 aliphatic rings. The van der Waals surface area contributed by atoms with Crippen LogP contribution in [-0.4, -0.2) is 39.7 Å². The molecule has 0 aliphatic carbocycles. The topological polar surface area (TPSA) is 79.3 Å². The Morgan fingerprint density at radius 1 is 0.897 bits per heavy atom. The zero-order chi connectivity index (χ0) is 27.8. The van der Waals surface area contributed by atoms with Gasteiger partial charge in [-0.15, -0.1) is 0 Å². The quantitative estimate of drug-likeness (QED) is 0.235. The molecule has 3 aromatic carbocycles. The molecule has 0 fully saturated rings. The molecule has 4 aromatic rings. The van der Waals surface area contributed by atoms with Crippen molar-refractivity contribution in [3.8, 4) is 16.8 Å². The second-order valence-electron chi connectivity index (χ2n) is 9.73. The number of carbonyl (C=O) groups excluding carboxylic acids is 2. The third kappa shape index (κ3) is 6.93. The number of anilines is 2. The van der Waals surface area contributed by atoms with Crippen LogP contribution in [0.15, 0.2) is 78.9 Å². The molecule has 1 heterocycles. The SMILES string of the molecule is CCCCN(CC(=O)Nc1c(-c2ccccc2)c(C)nn1-c1ccc(C)cc1)C(=O)Nc1cccc(CC)c1. The fraction of sp³-hybridized carbons (Fsp3) is 0.281. The monoisotopic (exact) mass is 523 g/mol. The molecule has 0 spiro atoms.